The van der Waals surface area contributed by atoms with E-state index in [2.05, 4.69) is 10.9 Å². The number of ether oxygens (including phenoxy) is 1. The molecule has 4 heteroatoms. The third kappa shape index (κ3) is 2.16. The molecule has 15 heavy (non-hydrogen) atoms. The average molecular weight is 204 g/mol. The van der Waals surface area contributed by atoms with Crippen LogP contribution in [0.3, 0.4) is 0 Å². The minimum absolute atomic E-state index is 0.0715. The van der Waals surface area contributed by atoms with E-state index in [1.807, 2.05) is 30.3 Å². The average Bonchev–Trinajstić information content (AvgIpc) is 2.65. The summed E-state index contributed by atoms with van der Waals surface area (Å²) in [5, 5.41) is 0. The molecule has 2 rings (SSSR count). The molecular weight excluding hydrogens is 192 g/mol. The second-order valence-electron chi connectivity index (χ2n) is 3.25. The summed E-state index contributed by atoms with van der Waals surface area (Å²) in [6.07, 6.45) is 1.85. The molecule has 0 aliphatic carbocycles. The van der Waals surface area contributed by atoms with E-state index in [0.29, 0.717) is 6.54 Å². The van der Waals surface area contributed by atoms with Crippen molar-refractivity contribution in [3.8, 4) is 5.75 Å². The molecule has 0 radical (unpaired) electrons. The first-order valence-corrected chi connectivity index (χ1v) is 4.67. The zero-order valence-electron chi connectivity index (χ0n) is 8.41. The van der Waals surface area contributed by atoms with Gasteiger partial charge < -0.3 is 4.74 Å². The van der Waals surface area contributed by atoms with Gasteiger partial charge in [0.05, 0.1) is 7.11 Å². The van der Waals surface area contributed by atoms with Gasteiger partial charge in [0.15, 0.2) is 0 Å². The number of hydrogen-bond acceptors (Lipinski definition) is 3. The Kier molecular flexibility index (Phi) is 2.69. The Bertz CT molecular complexity index is 413. The fraction of sp³-hybridized carbons (Fsp3) is 0.182. The topological polar surface area (TPSA) is 50.4 Å². The lowest BCUT2D eigenvalue weighted by Gasteiger charge is -2.00. The minimum atomic E-state index is -0.0715. The van der Waals surface area contributed by atoms with Crippen LogP contribution >= 0.6 is 0 Å². The number of hydrogen-bond donors (Lipinski definition) is 2. The molecule has 1 aliphatic rings. The highest BCUT2D eigenvalue weighted by atomic mass is 16.5. The molecule has 1 aromatic carbocycles. The zero-order chi connectivity index (χ0) is 10.7. The summed E-state index contributed by atoms with van der Waals surface area (Å²) in [4.78, 5) is 11.3. The first kappa shape index (κ1) is 9.73. The lowest BCUT2D eigenvalue weighted by atomic mass is 10.1. The number of nitrogens with one attached hydrogen (secondary N) is 2. The van der Waals surface area contributed by atoms with Crippen molar-refractivity contribution in [3.05, 3.63) is 35.4 Å². The van der Waals surface area contributed by atoms with Gasteiger partial charge in [-0.05, 0) is 23.8 Å². The predicted molar refractivity (Wildman–Crippen MR) is 57.1 cm³/mol. The molecular formula is C11H12N2O2. The summed E-state index contributed by atoms with van der Waals surface area (Å²) in [5.74, 6) is 0.716. The molecule has 0 aromatic heterocycles. The van der Waals surface area contributed by atoms with Crippen molar-refractivity contribution in [2.24, 2.45) is 0 Å². The van der Waals surface area contributed by atoms with Gasteiger partial charge in [-0.25, -0.2) is 5.43 Å². The maximum atomic E-state index is 11.3. The van der Waals surface area contributed by atoms with Gasteiger partial charge in [-0.15, -0.1) is 0 Å². The molecule has 1 aliphatic heterocycles. The molecule has 1 saturated heterocycles. The fourth-order valence-corrected chi connectivity index (χ4v) is 1.43. The Morgan fingerprint density at radius 2 is 2.33 bits per heavy atom. The highest BCUT2D eigenvalue weighted by Crippen LogP contribution is 2.15. The summed E-state index contributed by atoms with van der Waals surface area (Å²) >= 11 is 0. The van der Waals surface area contributed by atoms with Crippen LogP contribution in [0.25, 0.3) is 6.08 Å². The number of rotatable bonds is 2. The maximum Gasteiger partial charge on any atom is 0.262 e. The van der Waals surface area contributed by atoms with E-state index in [4.69, 9.17) is 4.74 Å². The Labute approximate surface area is 87.9 Å². The molecule has 1 fully saturated rings. The van der Waals surface area contributed by atoms with Crippen LogP contribution < -0.4 is 15.6 Å². The molecule has 0 atom stereocenters. The summed E-state index contributed by atoms with van der Waals surface area (Å²) in [5.41, 5.74) is 6.99. The summed E-state index contributed by atoms with van der Waals surface area (Å²) in [7, 11) is 1.62. The van der Waals surface area contributed by atoms with Crippen molar-refractivity contribution in [3.63, 3.8) is 0 Å². The minimum Gasteiger partial charge on any atom is -0.497 e. The van der Waals surface area contributed by atoms with Gasteiger partial charge in [0.25, 0.3) is 5.91 Å². The number of carbonyl (C=O) groups is 1. The SMILES string of the molecule is COc1cccc(/C=C2\CNNC2=O)c1. The number of benzene rings is 1. The highest BCUT2D eigenvalue weighted by molar-refractivity contribution is 5.99. The van der Waals surface area contributed by atoms with Gasteiger partial charge >= 0.3 is 0 Å². The van der Waals surface area contributed by atoms with Crippen LogP contribution in [0.2, 0.25) is 0 Å². The molecule has 1 heterocycles. The van der Waals surface area contributed by atoms with Gasteiger partial charge in [-0.1, -0.05) is 12.1 Å². The van der Waals surface area contributed by atoms with Crippen molar-refractivity contribution in [2.75, 3.05) is 13.7 Å². The van der Waals surface area contributed by atoms with Crippen LogP contribution in [-0.4, -0.2) is 19.6 Å². The third-order valence-electron chi connectivity index (χ3n) is 2.21. The molecule has 2 N–H and O–H groups in total. The predicted octanol–water partition coefficient (Wildman–Crippen LogP) is 0.713. The van der Waals surface area contributed by atoms with Gasteiger partial charge in [0.1, 0.15) is 5.75 Å². The Balaban J connectivity index is 2.26. The molecule has 0 unspecified atom stereocenters. The summed E-state index contributed by atoms with van der Waals surface area (Å²) in [6, 6.07) is 7.58. The molecule has 4 nitrogen and oxygen atoms in total. The molecule has 1 amide bonds. The van der Waals surface area contributed by atoms with Gasteiger partial charge in [0, 0.05) is 12.1 Å². The van der Waals surface area contributed by atoms with Crippen LogP contribution in [0.1, 0.15) is 5.56 Å². The zero-order valence-corrected chi connectivity index (χ0v) is 8.41. The fourth-order valence-electron chi connectivity index (χ4n) is 1.43. The first-order chi connectivity index (χ1) is 7.29. The maximum absolute atomic E-state index is 11.3. The standard InChI is InChI=1S/C11H12N2O2/c1-15-10-4-2-3-8(6-10)5-9-7-12-13-11(9)14/h2-6,12H,7H2,1H3,(H,13,14)/b9-5+. The number of carbonyl (C=O) groups excluding carboxylic acids is 1. The summed E-state index contributed by atoms with van der Waals surface area (Å²) < 4.78 is 5.10. The molecule has 78 valence electrons. The van der Waals surface area contributed by atoms with Crippen LogP contribution in [0.15, 0.2) is 29.8 Å². The van der Waals surface area contributed by atoms with Crippen molar-refractivity contribution in [1.82, 2.24) is 10.9 Å². The largest absolute Gasteiger partial charge is 0.497 e. The van der Waals surface area contributed by atoms with E-state index in [0.717, 1.165) is 16.9 Å². The lowest BCUT2D eigenvalue weighted by Crippen LogP contribution is -2.25. The highest BCUT2D eigenvalue weighted by Gasteiger charge is 2.15. The lowest BCUT2D eigenvalue weighted by molar-refractivity contribution is -0.116. The van der Waals surface area contributed by atoms with Crippen LogP contribution in [0.4, 0.5) is 0 Å². The van der Waals surface area contributed by atoms with Gasteiger partial charge in [0.2, 0.25) is 0 Å². The molecule has 0 spiro atoms. The van der Waals surface area contributed by atoms with Crippen molar-refractivity contribution in [2.45, 2.75) is 0 Å². The van der Waals surface area contributed by atoms with E-state index < -0.39 is 0 Å². The first-order valence-electron chi connectivity index (χ1n) is 4.67. The van der Waals surface area contributed by atoms with Crippen LogP contribution in [0, 0.1) is 0 Å². The number of methoxy groups -OCH3 is 1. The number of hydrazine groups is 1. The smallest absolute Gasteiger partial charge is 0.262 e. The Hall–Kier alpha value is -1.81. The monoisotopic (exact) mass is 204 g/mol. The summed E-state index contributed by atoms with van der Waals surface area (Å²) in [6.45, 7) is 0.552. The molecule has 0 bridgehead atoms. The van der Waals surface area contributed by atoms with E-state index in [9.17, 15) is 4.79 Å². The van der Waals surface area contributed by atoms with Gasteiger partial charge in [-0.3, -0.25) is 10.2 Å². The third-order valence-corrected chi connectivity index (χ3v) is 2.21. The molecule has 0 saturated carbocycles. The Morgan fingerprint density at radius 3 is 3.00 bits per heavy atom. The van der Waals surface area contributed by atoms with E-state index in [1.54, 1.807) is 7.11 Å². The van der Waals surface area contributed by atoms with E-state index in [-0.39, 0.29) is 5.91 Å². The van der Waals surface area contributed by atoms with E-state index in [1.165, 1.54) is 0 Å². The number of amides is 1. The van der Waals surface area contributed by atoms with Crippen LogP contribution in [-0.2, 0) is 4.79 Å². The van der Waals surface area contributed by atoms with Crippen molar-refractivity contribution >= 4 is 12.0 Å². The second-order valence-corrected chi connectivity index (χ2v) is 3.25. The van der Waals surface area contributed by atoms with Gasteiger partial charge in [-0.2, -0.15) is 0 Å². The second kappa shape index (κ2) is 4.14. The van der Waals surface area contributed by atoms with Crippen molar-refractivity contribution in [1.29, 1.82) is 0 Å². The van der Waals surface area contributed by atoms with Crippen LogP contribution in [0.5, 0.6) is 5.75 Å². The quantitative estimate of drug-likeness (QED) is 0.698. The van der Waals surface area contributed by atoms with E-state index >= 15 is 0 Å². The normalized spacial score (nSPS) is 17.9. The van der Waals surface area contributed by atoms with Crippen molar-refractivity contribution < 1.29 is 9.53 Å². The molecule has 1 aromatic rings. The Morgan fingerprint density at radius 1 is 1.47 bits per heavy atom.